The zero-order valence-electron chi connectivity index (χ0n) is 15.7. The van der Waals surface area contributed by atoms with Crippen LogP contribution in [0, 0.1) is 5.92 Å². The molecule has 25 heavy (non-hydrogen) atoms. The molecule has 1 aromatic carbocycles. The fourth-order valence-electron chi connectivity index (χ4n) is 3.97. The Bertz CT molecular complexity index is 455. The van der Waals surface area contributed by atoms with Gasteiger partial charge in [-0.15, -0.1) is 0 Å². The zero-order valence-corrected chi connectivity index (χ0v) is 18.4. The molecule has 0 aliphatic heterocycles. The molecule has 0 amide bonds. The summed E-state index contributed by atoms with van der Waals surface area (Å²) in [5.41, 5.74) is 1.50. The Morgan fingerprint density at radius 1 is 0.960 bits per heavy atom. The maximum Gasteiger partial charge on any atom is 0.237 e. The Morgan fingerprint density at radius 3 is 2.28 bits per heavy atom. The van der Waals surface area contributed by atoms with Crippen LogP contribution < -0.4 is 4.74 Å². The number of hydrogen-bond donors (Lipinski definition) is 0. The molecule has 1 saturated carbocycles. The summed E-state index contributed by atoms with van der Waals surface area (Å²) >= 11 is 11.7. The summed E-state index contributed by atoms with van der Waals surface area (Å²) in [5, 5.41) is 0. The molecule has 2 rings (SSSR count). The maximum absolute atomic E-state index is 5.88. The Morgan fingerprint density at radius 2 is 1.64 bits per heavy atom. The normalized spacial score (nSPS) is 20.8. The third-order valence-electron chi connectivity index (χ3n) is 5.48. The minimum Gasteiger partial charge on any atom is -0.494 e. The molecular formula is C21H34Cl2OSi. The fourth-order valence-corrected chi connectivity index (χ4v) is 5.50. The van der Waals surface area contributed by atoms with E-state index in [1.807, 2.05) is 0 Å². The van der Waals surface area contributed by atoms with Crippen LogP contribution in [0.5, 0.6) is 5.75 Å². The van der Waals surface area contributed by atoms with Crippen molar-refractivity contribution in [1.82, 2.24) is 0 Å². The molecule has 142 valence electrons. The van der Waals surface area contributed by atoms with Gasteiger partial charge in [-0.25, -0.2) is 0 Å². The summed E-state index contributed by atoms with van der Waals surface area (Å²) in [5.74, 6) is 2.75. The molecule has 4 heteroatoms. The smallest absolute Gasteiger partial charge is 0.237 e. The van der Waals surface area contributed by atoms with Crippen LogP contribution in [0.1, 0.15) is 82.6 Å². The monoisotopic (exact) mass is 400 g/mol. The van der Waals surface area contributed by atoms with E-state index >= 15 is 0 Å². The van der Waals surface area contributed by atoms with Gasteiger partial charge in [0.25, 0.3) is 0 Å². The number of unbranched alkanes of at least 4 members (excludes halogenated alkanes) is 3. The van der Waals surface area contributed by atoms with E-state index in [2.05, 4.69) is 31.2 Å². The lowest BCUT2D eigenvalue weighted by atomic mass is 9.77. The van der Waals surface area contributed by atoms with E-state index in [-0.39, 0.29) is 0 Å². The second-order valence-electron chi connectivity index (χ2n) is 7.52. The Labute approximate surface area is 165 Å². The fraction of sp³-hybridized carbons (Fsp3) is 0.714. The predicted molar refractivity (Wildman–Crippen MR) is 114 cm³/mol. The molecular weight excluding hydrogens is 367 g/mol. The van der Waals surface area contributed by atoms with Gasteiger partial charge in [0.1, 0.15) is 5.75 Å². The molecule has 0 bridgehead atoms. The minimum atomic E-state index is -1.39. The number of halogens is 2. The molecule has 0 N–H and O–H groups in total. The van der Waals surface area contributed by atoms with E-state index in [0.29, 0.717) is 0 Å². The lowest BCUT2D eigenvalue weighted by Gasteiger charge is -2.28. The summed E-state index contributed by atoms with van der Waals surface area (Å²) in [7, 11) is -1.39. The van der Waals surface area contributed by atoms with Gasteiger partial charge < -0.3 is 4.74 Å². The Balaban J connectivity index is 1.62. The van der Waals surface area contributed by atoms with Crippen LogP contribution in [-0.4, -0.2) is 14.0 Å². The first-order valence-electron chi connectivity index (χ1n) is 10.2. The predicted octanol–water partition coefficient (Wildman–Crippen LogP) is 7.40. The average Bonchev–Trinajstić information content (AvgIpc) is 2.62. The number of ether oxygens (including phenoxy) is 1. The van der Waals surface area contributed by atoms with Crippen molar-refractivity contribution in [2.75, 3.05) is 6.61 Å². The third kappa shape index (κ3) is 8.36. The molecule has 0 aromatic heterocycles. The highest BCUT2D eigenvalue weighted by Gasteiger charge is 2.21. The summed E-state index contributed by atoms with van der Waals surface area (Å²) in [4.78, 5) is 0. The zero-order chi connectivity index (χ0) is 17.9. The minimum absolute atomic E-state index is 0.762. The molecule has 1 aromatic rings. The van der Waals surface area contributed by atoms with Crippen LogP contribution >= 0.6 is 22.2 Å². The lowest BCUT2D eigenvalue weighted by Crippen LogP contribution is -2.13. The van der Waals surface area contributed by atoms with Gasteiger partial charge in [0.2, 0.25) is 7.42 Å². The van der Waals surface area contributed by atoms with Crippen LogP contribution in [0.2, 0.25) is 6.04 Å². The van der Waals surface area contributed by atoms with Crippen LogP contribution in [-0.2, 0) is 0 Å². The molecule has 0 radical (unpaired) electrons. The van der Waals surface area contributed by atoms with E-state index in [1.54, 1.807) is 0 Å². The summed E-state index contributed by atoms with van der Waals surface area (Å²) < 4.78 is 5.88. The molecule has 1 fully saturated rings. The number of rotatable bonds is 11. The van der Waals surface area contributed by atoms with Gasteiger partial charge in [-0.1, -0.05) is 51.2 Å². The van der Waals surface area contributed by atoms with Crippen molar-refractivity contribution in [2.45, 2.75) is 83.1 Å². The quantitative estimate of drug-likeness (QED) is 0.213. The first-order chi connectivity index (χ1) is 12.2. The second-order valence-corrected chi connectivity index (χ2v) is 12.7. The summed E-state index contributed by atoms with van der Waals surface area (Å²) in [6.45, 7) is 3.12. The molecule has 0 spiro atoms. The van der Waals surface area contributed by atoms with Crippen molar-refractivity contribution in [2.24, 2.45) is 5.92 Å². The highest BCUT2D eigenvalue weighted by Crippen LogP contribution is 2.37. The Kier molecular flexibility index (Phi) is 10.3. The maximum atomic E-state index is 5.88. The van der Waals surface area contributed by atoms with Gasteiger partial charge in [-0.2, -0.15) is 22.2 Å². The molecule has 0 heterocycles. The largest absolute Gasteiger partial charge is 0.494 e. The first kappa shape index (κ1) is 21.1. The standard InChI is InChI=1S/C21H34Cl2OSi/c1-2-7-18-8-10-19(11-9-18)20-12-14-21(15-13-20)24-16-5-3-4-6-17-25(22)23/h12-15,18-19,25H,2-11,16-17H2,1H3/t18-,19-. The highest BCUT2D eigenvalue weighted by molar-refractivity contribution is 7.33. The van der Waals surface area contributed by atoms with Crippen molar-refractivity contribution in [1.29, 1.82) is 0 Å². The van der Waals surface area contributed by atoms with Gasteiger partial charge in [0, 0.05) is 0 Å². The molecule has 0 unspecified atom stereocenters. The van der Waals surface area contributed by atoms with Crippen molar-refractivity contribution in [3.8, 4) is 5.75 Å². The summed E-state index contributed by atoms with van der Waals surface area (Å²) in [6, 6.07) is 9.92. The van der Waals surface area contributed by atoms with E-state index < -0.39 is 7.42 Å². The average molecular weight is 401 g/mol. The second kappa shape index (κ2) is 12.2. The van der Waals surface area contributed by atoms with Crippen LogP contribution in [0.3, 0.4) is 0 Å². The van der Waals surface area contributed by atoms with E-state index in [4.69, 9.17) is 26.9 Å². The molecule has 1 aliphatic rings. The summed E-state index contributed by atoms with van der Waals surface area (Å²) in [6.07, 6.45) is 13.0. The molecule has 0 saturated heterocycles. The van der Waals surface area contributed by atoms with Crippen molar-refractivity contribution >= 4 is 29.6 Å². The van der Waals surface area contributed by atoms with Crippen molar-refractivity contribution in [3.05, 3.63) is 29.8 Å². The topological polar surface area (TPSA) is 9.23 Å². The van der Waals surface area contributed by atoms with Crippen molar-refractivity contribution in [3.63, 3.8) is 0 Å². The van der Waals surface area contributed by atoms with E-state index in [1.165, 1.54) is 63.4 Å². The SMILES string of the molecule is CCC[C@H]1CC[C@H](c2ccc(OCCCCCC[SiH](Cl)Cl)cc2)CC1. The van der Waals surface area contributed by atoms with E-state index in [0.717, 1.165) is 36.7 Å². The molecule has 1 aliphatic carbocycles. The van der Waals surface area contributed by atoms with Crippen LogP contribution in [0.4, 0.5) is 0 Å². The number of benzene rings is 1. The van der Waals surface area contributed by atoms with Gasteiger partial charge in [0.15, 0.2) is 0 Å². The van der Waals surface area contributed by atoms with Crippen molar-refractivity contribution < 1.29 is 4.74 Å². The van der Waals surface area contributed by atoms with Crippen LogP contribution in [0.15, 0.2) is 24.3 Å². The number of hydrogen-bond acceptors (Lipinski definition) is 1. The van der Waals surface area contributed by atoms with Gasteiger partial charge >= 0.3 is 0 Å². The highest BCUT2D eigenvalue weighted by atomic mass is 35.7. The molecule has 1 nitrogen and oxygen atoms in total. The van der Waals surface area contributed by atoms with Crippen LogP contribution in [0.25, 0.3) is 0 Å². The molecule has 0 atom stereocenters. The van der Waals surface area contributed by atoms with E-state index in [9.17, 15) is 0 Å². The van der Waals surface area contributed by atoms with Gasteiger partial charge in [-0.3, -0.25) is 0 Å². The first-order valence-corrected chi connectivity index (χ1v) is 14.5. The third-order valence-corrected chi connectivity index (χ3v) is 7.63. The van der Waals surface area contributed by atoms with Gasteiger partial charge in [0.05, 0.1) is 6.61 Å². The van der Waals surface area contributed by atoms with Gasteiger partial charge in [-0.05, 0) is 67.7 Å². The lowest BCUT2D eigenvalue weighted by molar-refractivity contribution is 0.302. The Hall–Kier alpha value is -0.183.